The van der Waals surface area contributed by atoms with E-state index in [1.165, 1.54) is 11.8 Å². The summed E-state index contributed by atoms with van der Waals surface area (Å²) < 4.78 is 0. The lowest BCUT2D eigenvalue weighted by atomic mass is 10.2. The van der Waals surface area contributed by atoms with Crippen LogP contribution in [-0.4, -0.2) is 0 Å². The molecule has 0 nitrogen and oxygen atoms in total. The van der Waals surface area contributed by atoms with Crippen molar-refractivity contribution in [1.82, 2.24) is 0 Å². The second-order valence-electron chi connectivity index (χ2n) is 3.32. The lowest BCUT2D eigenvalue weighted by Gasteiger charge is -1.81. The van der Waals surface area contributed by atoms with Crippen LogP contribution in [0.4, 0.5) is 0 Å². The van der Waals surface area contributed by atoms with E-state index in [1.54, 1.807) is 12.8 Å². The van der Waals surface area contributed by atoms with Crippen LogP contribution in [0.2, 0.25) is 0 Å². The molecule has 0 spiro atoms. The first-order valence-corrected chi connectivity index (χ1v) is 3.30. The Hall–Kier alpha value is 0. The third-order valence-corrected chi connectivity index (χ3v) is 2.83. The van der Waals surface area contributed by atoms with Crippen molar-refractivity contribution in [1.29, 1.82) is 0 Å². The monoisotopic (exact) mass is 93.1 g/mol. The van der Waals surface area contributed by atoms with Gasteiger partial charge in [-0.1, -0.05) is 0 Å². The molecule has 4 atom stereocenters. The highest BCUT2D eigenvalue weighted by molar-refractivity contribution is 5.19. The van der Waals surface area contributed by atoms with Crippen molar-refractivity contribution in [3.05, 3.63) is 6.42 Å². The number of rotatable bonds is 0. The molecule has 3 fully saturated rings. The smallest absolute Gasteiger partial charge is 0.0318 e. The minimum atomic E-state index is 1.11. The van der Waals surface area contributed by atoms with Gasteiger partial charge in [0.15, 0.2) is 0 Å². The zero-order valence-corrected chi connectivity index (χ0v) is 4.30. The van der Waals surface area contributed by atoms with E-state index in [0.717, 1.165) is 11.8 Å². The zero-order chi connectivity index (χ0) is 4.43. The number of fused-ring (bicyclic) bond motifs is 3. The normalized spacial score (nSPS) is 72.0. The predicted octanol–water partition coefficient (Wildman–Crippen LogP) is 1.48. The van der Waals surface area contributed by atoms with E-state index in [0.29, 0.717) is 0 Å². The van der Waals surface area contributed by atoms with Gasteiger partial charge in [0.1, 0.15) is 0 Å². The molecule has 1 radical (unpaired) electrons. The maximum Gasteiger partial charge on any atom is -0.0318 e. The van der Waals surface area contributed by atoms with Crippen LogP contribution in [0.1, 0.15) is 12.8 Å². The molecule has 0 bridgehead atoms. The first kappa shape index (κ1) is 3.11. The van der Waals surface area contributed by atoms with E-state index in [-0.39, 0.29) is 0 Å². The molecule has 0 amide bonds. The number of hydrogen-bond acceptors (Lipinski definition) is 0. The fraction of sp³-hybridized carbons (Fsp3) is 0.857. The Morgan fingerprint density at radius 1 is 1.00 bits per heavy atom. The Balaban J connectivity index is 2.02. The Bertz CT molecular complexity index is 103. The Kier molecular flexibility index (Phi) is 0.296. The van der Waals surface area contributed by atoms with Crippen LogP contribution in [0, 0.1) is 30.1 Å². The van der Waals surface area contributed by atoms with Gasteiger partial charge in [-0.3, -0.25) is 0 Å². The van der Waals surface area contributed by atoms with Gasteiger partial charge >= 0.3 is 0 Å². The van der Waals surface area contributed by atoms with E-state index >= 15 is 0 Å². The summed E-state index contributed by atoms with van der Waals surface area (Å²) in [5.41, 5.74) is 0. The van der Waals surface area contributed by atoms with Crippen LogP contribution in [0.25, 0.3) is 0 Å². The van der Waals surface area contributed by atoms with E-state index in [9.17, 15) is 0 Å². The minimum Gasteiger partial charge on any atom is -0.0465 e. The van der Waals surface area contributed by atoms with Gasteiger partial charge in [0, 0.05) is 0 Å². The minimum absolute atomic E-state index is 1.11. The molecule has 0 saturated heterocycles. The molecule has 0 aromatic heterocycles. The summed E-state index contributed by atoms with van der Waals surface area (Å²) in [5.74, 6) is 4.63. The quantitative estimate of drug-likeness (QED) is 0.425. The van der Waals surface area contributed by atoms with Gasteiger partial charge in [0.2, 0.25) is 0 Å². The predicted molar refractivity (Wildman–Crippen MR) is 27.5 cm³/mol. The molecular formula is C7H9. The molecule has 4 unspecified atom stereocenters. The van der Waals surface area contributed by atoms with Crippen molar-refractivity contribution in [2.45, 2.75) is 12.8 Å². The van der Waals surface area contributed by atoms with Crippen LogP contribution < -0.4 is 0 Å². The second-order valence-corrected chi connectivity index (χ2v) is 3.32. The van der Waals surface area contributed by atoms with Crippen LogP contribution in [0.15, 0.2) is 0 Å². The summed E-state index contributed by atoms with van der Waals surface area (Å²) in [5, 5.41) is 0. The van der Waals surface area contributed by atoms with Gasteiger partial charge < -0.3 is 0 Å². The third kappa shape index (κ3) is 0.240. The van der Waals surface area contributed by atoms with E-state index in [1.807, 2.05) is 0 Å². The average Bonchev–Trinajstić information content (AvgIpc) is 2.47. The van der Waals surface area contributed by atoms with Crippen molar-refractivity contribution in [3.8, 4) is 0 Å². The Labute approximate surface area is 43.9 Å². The van der Waals surface area contributed by atoms with Gasteiger partial charge in [-0.15, -0.1) is 0 Å². The van der Waals surface area contributed by atoms with Gasteiger partial charge in [-0.2, -0.15) is 0 Å². The van der Waals surface area contributed by atoms with Gasteiger partial charge in [-0.25, -0.2) is 0 Å². The summed E-state index contributed by atoms with van der Waals surface area (Å²) in [4.78, 5) is 0. The molecule has 0 heterocycles. The van der Waals surface area contributed by atoms with Crippen LogP contribution in [0.3, 0.4) is 0 Å². The van der Waals surface area contributed by atoms with Crippen LogP contribution in [-0.2, 0) is 0 Å². The van der Waals surface area contributed by atoms with Crippen molar-refractivity contribution in [3.63, 3.8) is 0 Å². The van der Waals surface area contributed by atoms with Gasteiger partial charge in [0.25, 0.3) is 0 Å². The molecule has 0 N–H and O–H groups in total. The standard InChI is InChI=1S/C7H9/c1-4-2-6(4)7-3-5(1)7/h1,4-7H,2-3H2. The SMILES string of the molecule is [CH]1C2CC2C2CC12. The third-order valence-electron chi connectivity index (χ3n) is 2.83. The first-order valence-electron chi connectivity index (χ1n) is 3.30. The fourth-order valence-corrected chi connectivity index (χ4v) is 2.22. The topological polar surface area (TPSA) is 0 Å². The van der Waals surface area contributed by atoms with Crippen molar-refractivity contribution >= 4 is 0 Å². The first-order chi connectivity index (χ1) is 3.45. The molecule has 37 valence electrons. The van der Waals surface area contributed by atoms with E-state index in [2.05, 4.69) is 6.42 Å². The fourth-order valence-electron chi connectivity index (χ4n) is 2.22. The van der Waals surface area contributed by atoms with Gasteiger partial charge in [-0.05, 0) is 42.9 Å². The van der Waals surface area contributed by atoms with E-state index in [4.69, 9.17) is 0 Å². The summed E-state index contributed by atoms with van der Waals surface area (Å²) >= 11 is 0. The molecule has 3 rings (SSSR count). The highest BCUT2D eigenvalue weighted by atomic mass is 14.7. The van der Waals surface area contributed by atoms with Crippen molar-refractivity contribution in [2.24, 2.45) is 23.7 Å². The van der Waals surface area contributed by atoms with Crippen molar-refractivity contribution in [2.75, 3.05) is 0 Å². The summed E-state index contributed by atoms with van der Waals surface area (Å²) in [6.45, 7) is 0. The maximum atomic E-state index is 2.59. The molecule has 0 heteroatoms. The lowest BCUT2D eigenvalue weighted by molar-refractivity contribution is 0.709. The Morgan fingerprint density at radius 2 is 1.57 bits per heavy atom. The molecule has 7 heavy (non-hydrogen) atoms. The highest BCUT2D eigenvalue weighted by Gasteiger charge is 2.61. The molecule has 0 aromatic carbocycles. The number of hydrogen-bond donors (Lipinski definition) is 0. The second kappa shape index (κ2) is 0.667. The van der Waals surface area contributed by atoms with Crippen molar-refractivity contribution < 1.29 is 0 Å². The average molecular weight is 93.1 g/mol. The summed E-state index contributed by atoms with van der Waals surface area (Å²) in [7, 11) is 0. The molecule has 3 aliphatic carbocycles. The largest absolute Gasteiger partial charge is 0.0465 e. The van der Waals surface area contributed by atoms with E-state index < -0.39 is 0 Å². The molecular weight excluding hydrogens is 84.1 g/mol. The van der Waals surface area contributed by atoms with Crippen LogP contribution in [0.5, 0.6) is 0 Å². The molecule has 3 aliphatic rings. The highest BCUT2D eigenvalue weighted by Crippen LogP contribution is 2.68. The summed E-state index contributed by atoms with van der Waals surface area (Å²) in [6, 6.07) is 0. The zero-order valence-electron chi connectivity index (χ0n) is 4.30. The molecule has 0 aliphatic heterocycles. The molecule has 0 aromatic rings. The lowest BCUT2D eigenvalue weighted by Crippen LogP contribution is -1.73. The summed E-state index contributed by atoms with van der Waals surface area (Å²) in [6.07, 6.45) is 5.71. The molecule has 3 saturated carbocycles. The van der Waals surface area contributed by atoms with Crippen LogP contribution >= 0.6 is 0 Å². The Morgan fingerprint density at radius 3 is 1.86 bits per heavy atom. The maximum absolute atomic E-state index is 2.59. The van der Waals surface area contributed by atoms with Gasteiger partial charge in [0.05, 0.1) is 0 Å².